The first-order valence-corrected chi connectivity index (χ1v) is 27.2. The van der Waals surface area contributed by atoms with Crippen molar-refractivity contribution in [2.75, 3.05) is 6.61 Å². The van der Waals surface area contributed by atoms with Gasteiger partial charge in [-0.3, -0.25) is 4.57 Å². The van der Waals surface area contributed by atoms with Crippen LogP contribution < -0.4 is 0 Å². The van der Waals surface area contributed by atoms with Crippen LogP contribution in [0.1, 0.15) is 68.5 Å². The number of imidazole rings is 1. The lowest BCUT2D eigenvalue weighted by atomic mass is 10.1. The normalized spacial score (nSPS) is 21.1. The standard InChI is InChI=1S/C40H62N4O4Si3/c1-38(2,3)49(10,11)45-26-30-33(47-50(12,13)39(4,5)6)34(48-51(14,15)40(7,8)9)37(46-30)44-27-41-32-31(28-22-18-16-19-23-28)42-35(43-36(32)44)29-24-20-17-21-25-29/h16-25,27,30,33-34,37H,26H2,1-15H3/t30-,33-,34-,37-/m1/s1. The highest BCUT2D eigenvalue weighted by Gasteiger charge is 2.55. The molecule has 4 aromatic rings. The lowest BCUT2D eigenvalue weighted by Gasteiger charge is -2.44. The zero-order valence-corrected chi connectivity index (χ0v) is 36.8. The van der Waals surface area contributed by atoms with Crippen molar-refractivity contribution < 1.29 is 18.0 Å². The Morgan fingerprint density at radius 2 is 1.14 bits per heavy atom. The average Bonchev–Trinajstić information content (AvgIpc) is 3.59. The van der Waals surface area contributed by atoms with Crippen molar-refractivity contribution in [2.45, 2.75) is 141 Å². The van der Waals surface area contributed by atoms with Crippen LogP contribution in [0.2, 0.25) is 54.4 Å². The first-order valence-electron chi connectivity index (χ1n) is 18.4. The smallest absolute Gasteiger partial charge is 0.192 e. The molecule has 0 unspecified atom stereocenters. The van der Waals surface area contributed by atoms with E-state index in [1.807, 2.05) is 54.9 Å². The summed E-state index contributed by atoms with van der Waals surface area (Å²) in [5, 5.41) is 0.00740. The van der Waals surface area contributed by atoms with Crippen molar-refractivity contribution in [1.82, 2.24) is 19.5 Å². The Kier molecular flexibility index (Phi) is 10.9. The molecule has 1 saturated heterocycles. The molecule has 8 nitrogen and oxygen atoms in total. The van der Waals surface area contributed by atoms with Gasteiger partial charge in [-0.25, -0.2) is 15.0 Å². The Morgan fingerprint density at radius 1 is 0.647 bits per heavy atom. The first kappa shape index (κ1) is 39.7. The highest BCUT2D eigenvalue weighted by Crippen LogP contribution is 2.47. The summed E-state index contributed by atoms with van der Waals surface area (Å²) in [6.07, 6.45) is 0.189. The Morgan fingerprint density at radius 3 is 1.65 bits per heavy atom. The topological polar surface area (TPSA) is 80.5 Å². The summed E-state index contributed by atoms with van der Waals surface area (Å²) < 4.78 is 31.1. The van der Waals surface area contributed by atoms with Gasteiger partial charge < -0.3 is 18.0 Å². The van der Waals surface area contributed by atoms with Crippen molar-refractivity contribution in [3.8, 4) is 22.6 Å². The molecule has 0 amide bonds. The molecule has 4 atom stereocenters. The van der Waals surface area contributed by atoms with E-state index in [2.05, 4.69) is 118 Å². The number of ether oxygens (including phenoxy) is 1. The second-order valence-electron chi connectivity index (χ2n) is 18.8. The molecule has 1 aliphatic heterocycles. The van der Waals surface area contributed by atoms with Crippen molar-refractivity contribution in [3.63, 3.8) is 0 Å². The van der Waals surface area contributed by atoms with Gasteiger partial charge in [0.15, 0.2) is 42.7 Å². The molecule has 2 aromatic heterocycles. The van der Waals surface area contributed by atoms with Gasteiger partial charge in [0.25, 0.3) is 0 Å². The van der Waals surface area contributed by atoms with Gasteiger partial charge >= 0.3 is 0 Å². The van der Waals surface area contributed by atoms with Gasteiger partial charge in [-0.1, -0.05) is 123 Å². The molecule has 1 fully saturated rings. The predicted molar refractivity (Wildman–Crippen MR) is 217 cm³/mol. The van der Waals surface area contributed by atoms with Gasteiger partial charge in [0.1, 0.15) is 29.5 Å². The quantitative estimate of drug-likeness (QED) is 0.149. The molecule has 1 aliphatic rings. The number of hydrogen-bond donors (Lipinski definition) is 0. The summed E-state index contributed by atoms with van der Waals surface area (Å²) in [6.45, 7) is 34.8. The first-order chi connectivity index (χ1) is 23.4. The number of fused-ring (bicyclic) bond motifs is 1. The van der Waals surface area contributed by atoms with Gasteiger partial charge in [0.2, 0.25) is 0 Å². The molecule has 5 rings (SSSR count). The third-order valence-corrected chi connectivity index (χ3v) is 25.4. The van der Waals surface area contributed by atoms with E-state index in [-0.39, 0.29) is 27.3 Å². The minimum absolute atomic E-state index is 0.0124. The molecular formula is C40H62N4O4Si3. The lowest BCUT2D eigenvalue weighted by Crippen LogP contribution is -2.54. The van der Waals surface area contributed by atoms with Gasteiger partial charge in [-0.2, -0.15) is 0 Å². The van der Waals surface area contributed by atoms with Crippen molar-refractivity contribution >= 4 is 36.1 Å². The van der Waals surface area contributed by atoms with Crippen LogP contribution in [-0.4, -0.2) is 69.4 Å². The Labute approximate surface area is 310 Å². The maximum atomic E-state index is 7.45. The van der Waals surface area contributed by atoms with Crippen molar-refractivity contribution in [2.24, 2.45) is 0 Å². The van der Waals surface area contributed by atoms with Gasteiger partial charge in [-0.05, 0) is 54.4 Å². The van der Waals surface area contributed by atoms with E-state index >= 15 is 0 Å². The molecule has 0 spiro atoms. The fraction of sp³-hybridized carbons (Fsp3) is 0.575. The van der Waals surface area contributed by atoms with Crippen molar-refractivity contribution in [3.05, 3.63) is 67.0 Å². The monoisotopic (exact) mass is 746 g/mol. The van der Waals surface area contributed by atoms with Crippen LogP contribution in [0.25, 0.3) is 33.8 Å². The third-order valence-electron chi connectivity index (χ3n) is 11.9. The highest BCUT2D eigenvalue weighted by molar-refractivity contribution is 6.75. The van der Waals surface area contributed by atoms with Gasteiger partial charge in [0.05, 0.1) is 12.9 Å². The SMILES string of the molecule is CC(C)(C)[Si](C)(C)OC[C@H]1O[C@@H](n2cnc3c(-c4ccccc4)nc(-c4ccccc4)nc32)[C@H](O[Si](C)(C)C(C)(C)C)[C@@H]1O[Si](C)(C)C(C)(C)C. The second kappa shape index (κ2) is 14.0. The third kappa shape index (κ3) is 8.19. The highest BCUT2D eigenvalue weighted by atomic mass is 28.4. The predicted octanol–water partition coefficient (Wildman–Crippen LogP) is 10.9. The fourth-order valence-electron chi connectivity index (χ4n) is 5.49. The molecule has 278 valence electrons. The molecule has 0 aliphatic carbocycles. The summed E-state index contributed by atoms with van der Waals surface area (Å²) in [4.78, 5) is 15.3. The Bertz CT molecular complexity index is 1790. The number of nitrogens with zero attached hydrogens (tertiary/aromatic N) is 4. The molecule has 0 radical (unpaired) electrons. The zero-order valence-electron chi connectivity index (χ0n) is 33.8. The van der Waals surface area contributed by atoms with Gasteiger partial charge in [-0.15, -0.1) is 0 Å². The van der Waals surface area contributed by atoms with E-state index in [0.717, 1.165) is 22.3 Å². The van der Waals surface area contributed by atoms with Crippen LogP contribution in [-0.2, 0) is 18.0 Å². The summed E-state index contributed by atoms with van der Waals surface area (Å²) in [5.74, 6) is 0.635. The van der Waals surface area contributed by atoms with E-state index in [0.29, 0.717) is 18.1 Å². The van der Waals surface area contributed by atoms with Crippen LogP contribution in [0.15, 0.2) is 67.0 Å². The minimum Gasteiger partial charge on any atom is -0.414 e. The molecule has 3 heterocycles. The maximum absolute atomic E-state index is 7.45. The molecule has 0 bridgehead atoms. The van der Waals surface area contributed by atoms with Crippen LogP contribution >= 0.6 is 0 Å². The summed E-state index contributed by atoms with van der Waals surface area (Å²) in [6, 6.07) is 20.3. The van der Waals surface area contributed by atoms with E-state index in [1.54, 1.807) is 0 Å². The fourth-order valence-corrected chi connectivity index (χ4v) is 9.11. The van der Waals surface area contributed by atoms with Crippen LogP contribution in [0.3, 0.4) is 0 Å². The largest absolute Gasteiger partial charge is 0.414 e. The maximum Gasteiger partial charge on any atom is 0.192 e. The molecular weight excluding hydrogens is 685 g/mol. The summed E-state index contributed by atoms with van der Waals surface area (Å²) in [5.41, 5.74) is 4.12. The van der Waals surface area contributed by atoms with Crippen molar-refractivity contribution in [1.29, 1.82) is 0 Å². The van der Waals surface area contributed by atoms with Crippen LogP contribution in [0, 0.1) is 0 Å². The molecule has 51 heavy (non-hydrogen) atoms. The van der Waals surface area contributed by atoms with E-state index in [4.69, 9.17) is 33.0 Å². The number of rotatable bonds is 10. The van der Waals surface area contributed by atoms with Gasteiger partial charge in [0, 0.05) is 11.1 Å². The van der Waals surface area contributed by atoms with Crippen LogP contribution in [0.4, 0.5) is 0 Å². The number of benzene rings is 2. The zero-order chi connectivity index (χ0) is 37.8. The lowest BCUT2D eigenvalue weighted by molar-refractivity contribution is -0.0470. The Balaban J connectivity index is 1.71. The summed E-state index contributed by atoms with van der Waals surface area (Å²) in [7, 11) is -6.76. The minimum atomic E-state index is -2.34. The van der Waals surface area contributed by atoms with E-state index in [1.165, 1.54) is 0 Å². The van der Waals surface area contributed by atoms with E-state index in [9.17, 15) is 0 Å². The molecule has 2 aromatic carbocycles. The summed E-state index contributed by atoms with van der Waals surface area (Å²) >= 11 is 0. The Hall–Kier alpha value is -2.52. The average molecular weight is 747 g/mol. The molecule has 11 heteroatoms. The second-order valence-corrected chi connectivity index (χ2v) is 33.1. The molecule has 0 N–H and O–H groups in total. The number of aromatic nitrogens is 4. The van der Waals surface area contributed by atoms with Crippen LogP contribution in [0.5, 0.6) is 0 Å². The van der Waals surface area contributed by atoms with E-state index < -0.39 is 37.3 Å². The molecule has 0 saturated carbocycles. The number of hydrogen-bond acceptors (Lipinski definition) is 7.